The number of allylic oxidation sites excluding steroid dienone is 2. The van der Waals surface area contributed by atoms with E-state index in [4.69, 9.17) is 26.8 Å². The van der Waals surface area contributed by atoms with E-state index in [1.807, 2.05) is 11.9 Å². The molecule has 3 aliphatic heterocycles. The zero-order chi connectivity index (χ0) is 20.4. The molecule has 0 aromatic rings. The number of piperazine rings is 1. The highest BCUT2D eigenvalue weighted by atomic mass is 35.5. The number of amides is 1. The van der Waals surface area contributed by atoms with E-state index in [0.29, 0.717) is 35.8 Å². The molecular weight excluding hydrogens is 388 g/mol. The Balaban J connectivity index is 1.80. The van der Waals surface area contributed by atoms with Crippen molar-refractivity contribution in [1.82, 2.24) is 15.1 Å². The zero-order valence-electron chi connectivity index (χ0n) is 16.0. The zero-order valence-corrected chi connectivity index (χ0v) is 16.7. The number of nitrogens with two attached hydrogens (primary N) is 1. The lowest BCUT2D eigenvalue weighted by atomic mass is 9.82. The lowest BCUT2D eigenvalue weighted by molar-refractivity contribution is -0.144. The van der Waals surface area contributed by atoms with Crippen LogP contribution in [0.3, 0.4) is 0 Å². The minimum Gasteiger partial charge on any atom is -0.449 e. The Morgan fingerprint density at radius 3 is 2.71 bits per heavy atom. The number of rotatable bonds is 6. The Bertz CT molecular complexity index is 840. The van der Waals surface area contributed by atoms with Gasteiger partial charge in [-0.25, -0.2) is 4.79 Å². The summed E-state index contributed by atoms with van der Waals surface area (Å²) in [5.74, 6) is -0.849. The molecule has 0 spiro atoms. The van der Waals surface area contributed by atoms with Crippen molar-refractivity contribution in [2.24, 2.45) is 11.7 Å². The number of alkyl halides is 1. The van der Waals surface area contributed by atoms with Crippen molar-refractivity contribution in [3.8, 4) is 0 Å². The second-order valence-corrected chi connectivity index (χ2v) is 7.84. The van der Waals surface area contributed by atoms with Gasteiger partial charge in [0.25, 0.3) is 0 Å². The molecular formula is C18H23ClN4O5. The fraction of sp³-hybridized carbons (Fsp3) is 0.611. The van der Waals surface area contributed by atoms with E-state index in [1.165, 1.54) is 0 Å². The number of nitrogens with zero attached hydrogens (tertiary/aromatic N) is 2. The number of carbonyl (C=O) groups excluding carboxylic acids is 3. The van der Waals surface area contributed by atoms with E-state index < -0.39 is 17.7 Å². The molecule has 9 nitrogen and oxygen atoms in total. The van der Waals surface area contributed by atoms with E-state index >= 15 is 0 Å². The Kier molecular flexibility index (Phi) is 4.44. The minimum absolute atomic E-state index is 0.00951. The highest BCUT2D eigenvalue weighted by Crippen LogP contribution is 2.59. The van der Waals surface area contributed by atoms with Crippen LogP contribution in [0.15, 0.2) is 22.5 Å². The molecule has 4 rings (SSSR count). The topological polar surface area (TPSA) is 114 Å². The SMILES string of the molecule is COC12C(COC(N)=O)C3=C(C(=O)C(C)=C(NCCCl)C3=O)N1CC1C2N1C. The molecule has 2 saturated heterocycles. The highest BCUT2D eigenvalue weighted by molar-refractivity contribution is 6.25. The number of ether oxygens (including phenoxy) is 2. The Morgan fingerprint density at radius 1 is 1.39 bits per heavy atom. The van der Waals surface area contributed by atoms with Crippen LogP contribution in [0, 0.1) is 5.92 Å². The molecule has 4 aliphatic rings. The first-order chi connectivity index (χ1) is 13.3. The molecule has 3 heterocycles. The Hall–Kier alpha value is -2.10. The molecule has 5 unspecified atom stereocenters. The van der Waals surface area contributed by atoms with E-state index in [1.54, 1.807) is 14.0 Å². The molecule has 0 aromatic carbocycles. The van der Waals surface area contributed by atoms with Crippen LogP contribution in [0.2, 0.25) is 0 Å². The van der Waals surface area contributed by atoms with Crippen LogP contribution in [0.4, 0.5) is 4.79 Å². The number of methoxy groups -OCH3 is 1. The summed E-state index contributed by atoms with van der Waals surface area (Å²) in [6, 6.07) is 0.206. The largest absolute Gasteiger partial charge is 0.449 e. The maximum absolute atomic E-state index is 13.4. The van der Waals surface area contributed by atoms with Crippen LogP contribution in [0.1, 0.15) is 6.92 Å². The summed E-state index contributed by atoms with van der Waals surface area (Å²) < 4.78 is 11.1. The van der Waals surface area contributed by atoms with Crippen molar-refractivity contribution in [1.29, 1.82) is 0 Å². The molecule has 28 heavy (non-hydrogen) atoms. The number of nitrogens with one attached hydrogen (secondary N) is 1. The normalized spacial score (nSPS) is 35.8. The molecule has 0 saturated carbocycles. The lowest BCUT2D eigenvalue weighted by Gasteiger charge is -2.40. The average Bonchev–Trinajstić information content (AvgIpc) is 3.04. The minimum atomic E-state index is -0.951. The number of Topliss-reactive ketones (excluding diaryl/α,β-unsaturated/α-hetero) is 2. The average molecular weight is 411 g/mol. The number of likely N-dealkylation sites (N-methyl/N-ethyl adjacent to an activating group) is 1. The van der Waals surface area contributed by atoms with Crippen molar-refractivity contribution in [2.75, 3.05) is 39.7 Å². The van der Waals surface area contributed by atoms with Gasteiger partial charge in [0.1, 0.15) is 6.61 Å². The standard InChI is InChI=1S/C18H23ClN4O5/c1-8-12(21-5-4-19)15(25)11-9(7-28-17(20)26)18(27-3)16-10(22(16)2)6-23(18)13(11)14(8)24/h9-10,16,21H,4-7H2,1-3H3,(H2,20,26). The van der Waals surface area contributed by atoms with Crippen LogP contribution >= 0.6 is 11.6 Å². The number of halogens is 1. The molecule has 152 valence electrons. The number of primary amides is 1. The van der Waals surface area contributed by atoms with Crippen LogP contribution < -0.4 is 11.1 Å². The predicted molar refractivity (Wildman–Crippen MR) is 99.3 cm³/mol. The van der Waals surface area contributed by atoms with Crippen LogP contribution in [0.25, 0.3) is 0 Å². The quantitative estimate of drug-likeness (QED) is 0.344. The first kappa shape index (κ1) is 19.2. The van der Waals surface area contributed by atoms with Gasteiger partial charge in [-0.3, -0.25) is 14.5 Å². The third-order valence-corrected chi connectivity index (χ3v) is 6.53. The first-order valence-corrected chi connectivity index (χ1v) is 9.65. The van der Waals surface area contributed by atoms with Gasteiger partial charge >= 0.3 is 6.09 Å². The van der Waals surface area contributed by atoms with Crippen LogP contribution in [-0.2, 0) is 19.1 Å². The van der Waals surface area contributed by atoms with Crippen molar-refractivity contribution < 1.29 is 23.9 Å². The molecule has 0 bridgehead atoms. The van der Waals surface area contributed by atoms with E-state index in [2.05, 4.69) is 10.2 Å². The van der Waals surface area contributed by atoms with E-state index in [-0.39, 0.29) is 36.0 Å². The second-order valence-electron chi connectivity index (χ2n) is 7.46. The summed E-state index contributed by atoms with van der Waals surface area (Å²) in [5.41, 5.74) is 5.48. The lowest BCUT2D eigenvalue weighted by Crippen LogP contribution is -2.55. The summed E-state index contributed by atoms with van der Waals surface area (Å²) in [5, 5.41) is 2.97. The van der Waals surface area contributed by atoms with Crippen molar-refractivity contribution in [3.63, 3.8) is 0 Å². The summed E-state index contributed by atoms with van der Waals surface area (Å²) in [7, 11) is 3.52. The van der Waals surface area contributed by atoms with Gasteiger partial charge in [0.05, 0.1) is 23.4 Å². The maximum Gasteiger partial charge on any atom is 0.404 e. The molecule has 0 radical (unpaired) electrons. The third kappa shape index (κ3) is 2.29. The van der Waals surface area contributed by atoms with Gasteiger partial charge in [-0.15, -0.1) is 11.6 Å². The summed E-state index contributed by atoms with van der Waals surface area (Å²) in [6.45, 7) is 2.41. The number of fused-ring (bicyclic) bond motifs is 4. The van der Waals surface area contributed by atoms with Crippen molar-refractivity contribution >= 4 is 29.3 Å². The number of hydrogen-bond acceptors (Lipinski definition) is 8. The fourth-order valence-corrected chi connectivity index (χ4v) is 5.19. The second kappa shape index (κ2) is 6.47. The molecule has 10 heteroatoms. The van der Waals surface area contributed by atoms with Crippen LogP contribution in [0.5, 0.6) is 0 Å². The Labute approximate surface area is 167 Å². The monoisotopic (exact) mass is 410 g/mol. The molecule has 0 aromatic heterocycles. The van der Waals surface area contributed by atoms with Crippen molar-refractivity contribution in [2.45, 2.75) is 24.7 Å². The summed E-state index contributed by atoms with van der Waals surface area (Å²) in [4.78, 5) is 41.9. The summed E-state index contributed by atoms with van der Waals surface area (Å²) in [6.07, 6.45) is -0.938. The van der Waals surface area contributed by atoms with Gasteiger partial charge < -0.3 is 25.4 Å². The van der Waals surface area contributed by atoms with Gasteiger partial charge in [-0.05, 0) is 14.0 Å². The molecule has 5 atom stereocenters. The number of hydrogen-bond donors (Lipinski definition) is 2. The smallest absolute Gasteiger partial charge is 0.404 e. The van der Waals surface area contributed by atoms with Crippen LogP contribution in [-0.4, -0.2) is 85.0 Å². The van der Waals surface area contributed by atoms with Gasteiger partial charge in [0.15, 0.2) is 5.72 Å². The van der Waals surface area contributed by atoms with Gasteiger partial charge in [0, 0.05) is 43.3 Å². The highest BCUT2D eigenvalue weighted by Gasteiger charge is 2.75. The first-order valence-electron chi connectivity index (χ1n) is 9.12. The predicted octanol–water partition coefficient (Wildman–Crippen LogP) is -0.439. The van der Waals surface area contributed by atoms with Gasteiger partial charge in [0.2, 0.25) is 11.6 Å². The van der Waals surface area contributed by atoms with Gasteiger partial charge in [-0.1, -0.05) is 0 Å². The number of ketones is 2. The summed E-state index contributed by atoms with van der Waals surface area (Å²) >= 11 is 5.74. The molecule has 1 amide bonds. The fourth-order valence-electron chi connectivity index (χ4n) is 5.10. The third-order valence-electron chi connectivity index (χ3n) is 6.34. The molecule has 1 aliphatic carbocycles. The van der Waals surface area contributed by atoms with Crippen molar-refractivity contribution in [3.05, 3.63) is 22.5 Å². The Morgan fingerprint density at radius 2 is 2.11 bits per heavy atom. The molecule has 3 N–H and O–H groups in total. The van der Waals surface area contributed by atoms with E-state index in [9.17, 15) is 14.4 Å². The number of carbonyl (C=O) groups is 3. The van der Waals surface area contributed by atoms with Gasteiger partial charge in [-0.2, -0.15) is 0 Å². The van der Waals surface area contributed by atoms with E-state index in [0.717, 1.165) is 0 Å². The molecule has 2 fully saturated rings. The maximum atomic E-state index is 13.4.